The van der Waals surface area contributed by atoms with Crippen molar-refractivity contribution in [1.29, 1.82) is 0 Å². The molecule has 0 aliphatic heterocycles. The second-order valence-electron chi connectivity index (χ2n) is 3.72. The smallest absolute Gasteiger partial charge is 0.223 e. The molecule has 0 aliphatic rings. The number of halogens is 1. The Morgan fingerprint density at radius 3 is 2.82 bits per heavy atom. The Bertz CT molecular complexity index is 481. The molecule has 0 spiro atoms. The summed E-state index contributed by atoms with van der Waals surface area (Å²) in [5.74, 6) is 2.15. The fourth-order valence-electron chi connectivity index (χ4n) is 1.55. The first-order valence-electron chi connectivity index (χ1n) is 5.47. The van der Waals surface area contributed by atoms with Crippen molar-refractivity contribution >= 4 is 15.9 Å². The van der Waals surface area contributed by atoms with Crippen molar-refractivity contribution in [2.75, 3.05) is 0 Å². The fraction of sp³-hybridized carbons (Fsp3) is 0.455. The molecule has 6 heteroatoms. The third kappa shape index (κ3) is 3.17. The van der Waals surface area contributed by atoms with E-state index >= 15 is 0 Å². The van der Waals surface area contributed by atoms with Gasteiger partial charge in [-0.15, -0.1) is 0 Å². The Kier molecular flexibility index (Phi) is 3.96. The molecule has 1 atom stereocenters. The maximum absolute atomic E-state index is 5.41. The van der Waals surface area contributed by atoms with E-state index in [1.165, 1.54) is 0 Å². The largest absolute Gasteiger partial charge is 0.453 e. The highest BCUT2D eigenvalue weighted by Crippen LogP contribution is 2.17. The molecular weight excluding hydrogens is 286 g/mol. The second-order valence-corrected chi connectivity index (χ2v) is 4.50. The highest BCUT2D eigenvalue weighted by molar-refractivity contribution is 9.10. The lowest BCUT2D eigenvalue weighted by atomic mass is 10.2. The van der Waals surface area contributed by atoms with E-state index in [1.807, 2.05) is 12.1 Å². The molecule has 2 aromatic rings. The minimum absolute atomic E-state index is 0.0799. The van der Waals surface area contributed by atoms with Crippen molar-refractivity contribution in [1.82, 2.24) is 15.5 Å². The Morgan fingerprint density at radius 2 is 2.29 bits per heavy atom. The summed E-state index contributed by atoms with van der Waals surface area (Å²) in [5.41, 5.74) is 0. The van der Waals surface area contributed by atoms with Crippen molar-refractivity contribution in [2.24, 2.45) is 0 Å². The first kappa shape index (κ1) is 12.3. The summed E-state index contributed by atoms with van der Waals surface area (Å²) < 4.78 is 11.1. The Hall–Kier alpha value is -1.14. The molecule has 0 fully saturated rings. The molecule has 0 saturated heterocycles. The van der Waals surface area contributed by atoms with Gasteiger partial charge in [0.1, 0.15) is 5.76 Å². The average molecular weight is 300 g/mol. The van der Waals surface area contributed by atoms with E-state index in [0.717, 1.165) is 16.9 Å². The number of furan rings is 1. The van der Waals surface area contributed by atoms with Gasteiger partial charge in [-0.05, 0) is 34.5 Å². The van der Waals surface area contributed by atoms with Gasteiger partial charge in [-0.1, -0.05) is 12.1 Å². The normalized spacial score (nSPS) is 12.9. The Balaban J connectivity index is 1.96. The number of hydrogen-bond acceptors (Lipinski definition) is 5. The topological polar surface area (TPSA) is 64.1 Å². The lowest BCUT2D eigenvalue weighted by Gasteiger charge is -2.11. The third-order valence-corrected chi connectivity index (χ3v) is 2.84. The lowest BCUT2D eigenvalue weighted by Crippen LogP contribution is -2.21. The van der Waals surface area contributed by atoms with Crippen LogP contribution in [0.15, 0.2) is 25.7 Å². The standard InChI is InChI=1S/C11H14BrN3O2/c1-3-9(11-14-7(2)17-15-11)13-6-8-4-5-10(12)16-8/h4-5,9,13H,3,6H2,1-2H3/t9-/m1/s1. The second kappa shape index (κ2) is 5.46. The van der Waals surface area contributed by atoms with Gasteiger partial charge in [-0.25, -0.2) is 0 Å². The fourth-order valence-corrected chi connectivity index (χ4v) is 1.89. The summed E-state index contributed by atoms with van der Waals surface area (Å²) in [6, 6.07) is 3.87. The van der Waals surface area contributed by atoms with Crippen LogP contribution in [0.1, 0.15) is 36.9 Å². The van der Waals surface area contributed by atoms with Crippen molar-refractivity contribution in [3.05, 3.63) is 34.3 Å². The van der Waals surface area contributed by atoms with Gasteiger partial charge in [0.05, 0.1) is 12.6 Å². The van der Waals surface area contributed by atoms with Gasteiger partial charge in [0.15, 0.2) is 10.5 Å². The maximum Gasteiger partial charge on any atom is 0.223 e. The molecular formula is C11H14BrN3O2. The zero-order chi connectivity index (χ0) is 12.3. The van der Waals surface area contributed by atoms with Gasteiger partial charge < -0.3 is 14.3 Å². The third-order valence-electron chi connectivity index (χ3n) is 2.41. The van der Waals surface area contributed by atoms with Crippen LogP contribution in [0.5, 0.6) is 0 Å². The summed E-state index contributed by atoms with van der Waals surface area (Å²) in [4.78, 5) is 4.22. The van der Waals surface area contributed by atoms with Crippen molar-refractivity contribution in [3.63, 3.8) is 0 Å². The summed E-state index contributed by atoms with van der Waals surface area (Å²) in [6.45, 7) is 4.49. The molecule has 0 saturated carbocycles. The van der Waals surface area contributed by atoms with Crippen LogP contribution in [0.25, 0.3) is 0 Å². The summed E-state index contributed by atoms with van der Waals surface area (Å²) in [7, 11) is 0. The molecule has 0 aromatic carbocycles. The van der Waals surface area contributed by atoms with E-state index in [9.17, 15) is 0 Å². The molecule has 2 aromatic heterocycles. The van der Waals surface area contributed by atoms with Crippen LogP contribution in [0, 0.1) is 6.92 Å². The minimum Gasteiger partial charge on any atom is -0.453 e. The van der Waals surface area contributed by atoms with E-state index in [-0.39, 0.29) is 6.04 Å². The maximum atomic E-state index is 5.41. The van der Waals surface area contributed by atoms with Crippen LogP contribution < -0.4 is 5.32 Å². The van der Waals surface area contributed by atoms with E-state index in [0.29, 0.717) is 18.3 Å². The van der Waals surface area contributed by atoms with E-state index < -0.39 is 0 Å². The van der Waals surface area contributed by atoms with Gasteiger partial charge >= 0.3 is 0 Å². The van der Waals surface area contributed by atoms with Crippen molar-refractivity contribution in [2.45, 2.75) is 32.9 Å². The van der Waals surface area contributed by atoms with E-state index in [1.54, 1.807) is 6.92 Å². The summed E-state index contributed by atoms with van der Waals surface area (Å²) in [6.07, 6.45) is 0.890. The molecule has 0 bridgehead atoms. The number of nitrogens with zero attached hydrogens (tertiary/aromatic N) is 2. The van der Waals surface area contributed by atoms with Gasteiger partial charge in [0.25, 0.3) is 0 Å². The Morgan fingerprint density at radius 1 is 1.47 bits per heavy atom. The van der Waals surface area contributed by atoms with Crippen molar-refractivity contribution < 1.29 is 8.94 Å². The average Bonchev–Trinajstić information content (AvgIpc) is 2.89. The number of nitrogens with one attached hydrogen (secondary N) is 1. The molecule has 17 heavy (non-hydrogen) atoms. The Labute approximate surface area is 108 Å². The van der Waals surface area contributed by atoms with Gasteiger partial charge in [0, 0.05) is 6.92 Å². The van der Waals surface area contributed by atoms with Crippen LogP contribution >= 0.6 is 15.9 Å². The first-order chi connectivity index (χ1) is 8.19. The highest BCUT2D eigenvalue weighted by atomic mass is 79.9. The monoisotopic (exact) mass is 299 g/mol. The molecule has 0 unspecified atom stereocenters. The molecule has 92 valence electrons. The molecule has 0 radical (unpaired) electrons. The SMILES string of the molecule is CC[C@@H](NCc1ccc(Br)o1)c1noc(C)n1. The van der Waals surface area contributed by atoms with Crippen LogP contribution in [-0.4, -0.2) is 10.1 Å². The first-order valence-corrected chi connectivity index (χ1v) is 6.26. The van der Waals surface area contributed by atoms with E-state index in [4.69, 9.17) is 8.94 Å². The molecule has 5 nitrogen and oxygen atoms in total. The predicted octanol–water partition coefficient (Wildman–Crippen LogP) is 2.97. The molecule has 2 rings (SSSR count). The molecule has 0 aliphatic carbocycles. The molecule has 0 amide bonds. The zero-order valence-corrected chi connectivity index (χ0v) is 11.3. The summed E-state index contributed by atoms with van der Waals surface area (Å²) in [5, 5.41) is 7.25. The lowest BCUT2D eigenvalue weighted by molar-refractivity contribution is 0.369. The zero-order valence-electron chi connectivity index (χ0n) is 9.74. The van der Waals surface area contributed by atoms with Crippen LogP contribution in [0.3, 0.4) is 0 Å². The van der Waals surface area contributed by atoms with Gasteiger partial charge in [0.2, 0.25) is 5.89 Å². The number of aryl methyl sites for hydroxylation is 1. The summed E-state index contributed by atoms with van der Waals surface area (Å²) >= 11 is 3.27. The van der Waals surface area contributed by atoms with Gasteiger partial charge in [-0.2, -0.15) is 4.98 Å². The number of aromatic nitrogens is 2. The van der Waals surface area contributed by atoms with Gasteiger partial charge in [-0.3, -0.25) is 0 Å². The molecule has 1 N–H and O–H groups in total. The highest BCUT2D eigenvalue weighted by Gasteiger charge is 2.15. The minimum atomic E-state index is 0.0799. The van der Waals surface area contributed by atoms with Crippen LogP contribution in [-0.2, 0) is 6.54 Å². The quantitative estimate of drug-likeness (QED) is 0.919. The van der Waals surface area contributed by atoms with Crippen LogP contribution in [0.4, 0.5) is 0 Å². The predicted molar refractivity (Wildman–Crippen MR) is 65.3 cm³/mol. The van der Waals surface area contributed by atoms with E-state index in [2.05, 4.69) is 38.3 Å². The van der Waals surface area contributed by atoms with Crippen molar-refractivity contribution in [3.8, 4) is 0 Å². The number of hydrogen-bond donors (Lipinski definition) is 1. The molecule has 2 heterocycles. The number of rotatable bonds is 5. The van der Waals surface area contributed by atoms with Crippen LogP contribution in [0.2, 0.25) is 0 Å².